The van der Waals surface area contributed by atoms with E-state index >= 15 is 0 Å². The van der Waals surface area contributed by atoms with Crippen LogP contribution in [0.4, 0.5) is 30.7 Å². The van der Waals surface area contributed by atoms with Gasteiger partial charge in [-0.05, 0) is 54.5 Å². The summed E-state index contributed by atoms with van der Waals surface area (Å²) < 4.78 is 104. The van der Waals surface area contributed by atoms with Gasteiger partial charge in [0.15, 0.2) is 17.5 Å². The topological polar surface area (TPSA) is 22.1 Å². The Balaban J connectivity index is 1.43. The molecule has 2 nitrogen and oxygen atoms in total. The van der Waals surface area contributed by atoms with Gasteiger partial charge in [0.25, 0.3) is 0 Å². The third-order valence-electron chi connectivity index (χ3n) is 6.68. The minimum absolute atomic E-state index is 0.0531. The highest BCUT2D eigenvalue weighted by Crippen LogP contribution is 2.41. The molecule has 10 heteroatoms. The zero-order valence-corrected chi connectivity index (χ0v) is 20.3. The third kappa shape index (κ3) is 5.03. The maximum absolute atomic E-state index is 14.8. The fourth-order valence-electron chi connectivity index (χ4n) is 4.68. The van der Waals surface area contributed by atoms with E-state index in [1.54, 1.807) is 0 Å². The first-order valence-electron chi connectivity index (χ1n) is 11.6. The summed E-state index contributed by atoms with van der Waals surface area (Å²) >= 11 is 1.18. The molecule has 0 atom stereocenters. The molecule has 0 bridgehead atoms. The van der Waals surface area contributed by atoms with E-state index in [4.69, 9.17) is 0 Å². The summed E-state index contributed by atoms with van der Waals surface area (Å²) in [6.45, 7) is 2.24. The van der Waals surface area contributed by atoms with E-state index in [2.05, 4.69) is 16.6 Å². The Labute approximate surface area is 211 Å². The lowest BCUT2D eigenvalue weighted by atomic mass is 9.79. The van der Waals surface area contributed by atoms with Crippen LogP contribution < -0.4 is 4.74 Å². The van der Waals surface area contributed by atoms with E-state index in [1.165, 1.54) is 16.9 Å². The largest absolute Gasteiger partial charge is 0.432 e. The van der Waals surface area contributed by atoms with E-state index in [1.807, 2.05) is 18.2 Å². The predicted octanol–water partition coefficient (Wildman–Crippen LogP) is 9.08. The Kier molecular flexibility index (Phi) is 6.64. The van der Waals surface area contributed by atoms with E-state index in [9.17, 15) is 30.7 Å². The Bertz CT molecular complexity index is 1430. The maximum atomic E-state index is 14.8. The van der Waals surface area contributed by atoms with Gasteiger partial charge >= 0.3 is 6.11 Å². The summed E-state index contributed by atoms with van der Waals surface area (Å²) in [5.74, 6) is -8.76. The van der Waals surface area contributed by atoms with Crippen LogP contribution in [0.2, 0.25) is 0 Å². The highest BCUT2D eigenvalue weighted by atomic mass is 32.1. The number of rotatable bonds is 5. The van der Waals surface area contributed by atoms with Gasteiger partial charge in [-0.25, -0.2) is 26.9 Å². The molecule has 0 unspecified atom stereocenters. The van der Waals surface area contributed by atoms with Gasteiger partial charge in [-0.3, -0.25) is 0 Å². The number of fused-ring (bicyclic) bond motifs is 1. The lowest BCUT2D eigenvalue weighted by Gasteiger charge is -2.26. The summed E-state index contributed by atoms with van der Waals surface area (Å²) in [7, 11) is 0. The molecule has 194 valence electrons. The second kappa shape index (κ2) is 9.63. The van der Waals surface area contributed by atoms with Gasteiger partial charge in [0.2, 0.25) is 0 Å². The van der Waals surface area contributed by atoms with Crippen molar-refractivity contribution in [3.05, 3.63) is 82.7 Å². The van der Waals surface area contributed by atoms with Gasteiger partial charge in [-0.2, -0.15) is 8.78 Å². The van der Waals surface area contributed by atoms with E-state index in [0.29, 0.717) is 29.5 Å². The first-order chi connectivity index (χ1) is 17.5. The van der Waals surface area contributed by atoms with Crippen molar-refractivity contribution in [2.45, 2.75) is 44.6 Å². The van der Waals surface area contributed by atoms with Gasteiger partial charge in [0, 0.05) is 17.7 Å². The SMILES string of the molecule is CC1CCC(c2ccc3nc(-c4cc(F)c(C(F)(F)Oc5cc(F)c(F)c(F)c5)c(F)c4)sc3c2)CC1. The van der Waals surface area contributed by atoms with Crippen molar-refractivity contribution in [1.29, 1.82) is 0 Å². The molecule has 4 aromatic rings. The van der Waals surface area contributed by atoms with Gasteiger partial charge in [0.05, 0.1) is 10.2 Å². The van der Waals surface area contributed by atoms with Gasteiger partial charge in [-0.15, -0.1) is 11.3 Å². The molecule has 3 aromatic carbocycles. The van der Waals surface area contributed by atoms with Crippen LogP contribution in [0.5, 0.6) is 5.75 Å². The number of halogens is 7. The van der Waals surface area contributed by atoms with E-state index in [0.717, 1.165) is 30.4 Å². The Morgan fingerprint density at radius 3 is 2.08 bits per heavy atom. The zero-order chi connectivity index (χ0) is 26.5. The molecule has 1 heterocycles. The van der Waals surface area contributed by atoms with Crippen LogP contribution in [-0.2, 0) is 6.11 Å². The number of benzene rings is 3. The Morgan fingerprint density at radius 2 is 1.46 bits per heavy atom. The second-order valence-corrected chi connectivity index (χ2v) is 10.4. The highest BCUT2D eigenvalue weighted by Gasteiger charge is 2.41. The summed E-state index contributed by atoms with van der Waals surface area (Å²) in [6.07, 6.45) is -0.168. The van der Waals surface area contributed by atoms with Crippen molar-refractivity contribution in [2.24, 2.45) is 5.92 Å². The summed E-state index contributed by atoms with van der Waals surface area (Å²) in [6, 6.07) is 7.55. The molecule has 0 aliphatic heterocycles. The van der Waals surface area contributed by atoms with Crippen molar-refractivity contribution >= 4 is 21.6 Å². The number of hydrogen-bond donors (Lipinski definition) is 0. The molecule has 1 fully saturated rings. The molecule has 1 aromatic heterocycles. The summed E-state index contributed by atoms with van der Waals surface area (Å²) in [5, 5.41) is 0.237. The molecule has 0 saturated heterocycles. The maximum Gasteiger partial charge on any atom is 0.432 e. The highest BCUT2D eigenvalue weighted by molar-refractivity contribution is 7.21. The molecule has 37 heavy (non-hydrogen) atoms. The van der Waals surface area contributed by atoms with E-state index in [-0.39, 0.29) is 22.7 Å². The number of aromatic nitrogens is 1. The monoisotopic (exact) mass is 539 g/mol. The van der Waals surface area contributed by atoms with Crippen LogP contribution in [0.3, 0.4) is 0 Å². The molecule has 1 aliphatic rings. The number of alkyl halides is 2. The van der Waals surface area contributed by atoms with Crippen molar-refractivity contribution in [3.8, 4) is 16.3 Å². The average molecular weight is 540 g/mol. The fraction of sp³-hybridized carbons (Fsp3) is 0.296. The fourth-order valence-corrected chi connectivity index (χ4v) is 5.68. The first-order valence-corrected chi connectivity index (χ1v) is 12.4. The van der Waals surface area contributed by atoms with Crippen molar-refractivity contribution < 1.29 is 35.5 Å². The first kappa shape index (κ1) is 25.5. The standard InChI is InChI=1S/C27H20F7NOS/c1-13-2-4-14(5-3-13)15-6-7-22-23(10-15)37-26(35-22)16-8-18(28)24(19(29)9-16)27(33,34)36-17-11-20(30)25(32)21(31)12-17/h6-14H,2-5H2,1H3. The van der Waals surface area contributed by atoms with Crippen LogP contribution in [0.15, 0.2) is 42.5 Å². The van der Waals surface area contributed by atoms with Gasteiger partial charge < -0.3 is 4.74 Å². The molecule has 0 amide bonds. The van der Waals surface area contributed by atoms with Crippen LogP contribution in [0, 0.1) is 35.0 Å². The molecular weight excluding hydrogens is 519 g/mol. The second-order valence-electron chi connectivity index (χ2n) is 9.34. The number of hydrogen-bond acceptors (Lipinski definition) is 3. The quantitative estimate of drug-likeness (QED) is 0.186. The molecular formula is C27H20F7NOS. The normalized spacial score (nSPS) is 18.4. The Morgan fingerprint density at radius 1 is 0.838 bits per heavy atom. The molecule has 1 saturated carbocycles. The molecule has 0 N–H and O–H groups in total. The lowest BCUT2D eigenvalue weighted by molar-refractivity contribution is -0.189. The van der Waals surface area contributed by atoms with Crippen LogP contribution in [0.25, 0.3) is 20.8 Å². The predicted molar refractivity (Wildman–Crippen MR) is 126 cm³/mol. The molecule has 5 rings (SSSR count). The number of thiazole rings is 1. The van der Waals surface area contributed by atoms with Crippen molar-refractivity contribution in [1.82, 2.24) is 4.98 Å². The molecule has 1 aliphatic carbocycles. The van der Waals surface area contributed by atoms with Crippen LogP contribution in [0.1, 0.15) is 49.7 Å². The number of ether oxygens (including phenoxy) is 1. The number of nitrogens with zero attached hydrogens (tertiary/aromatic N) is 1. The van der Waals surface area contributed by atoms with Gasteiger partial charge in [0.1, 0.15) is 28.0 Å². The summed E-state index contributed by atoms with van der Waals surface area (Å²) in [4.78, 5) is 4.40. The zero-order valence-electron chi connectivity index (χ0n) is 19.4. The third-order valence-corrected chi connectivity index (χ3v) is 7.75. The minimum atomic E-state index is -4.65. The molecule has 0 spiro atoms. The van der Waals surface area contributed by atoms with Crippen LogP contribution in [-0.4, -0.2) is 4.98 Å². The molecule has 0 radical (unpaired) electrons. The Hall–Kier alpha value is -3.14. The summed E-state index contributed by atoms with van der Waals surface area (Å²) in [5.41, 5.74) is -0.0152. The lowest BCUT2D eigenvalue weighted by Crippen LogP contribution is -2.25. The van der Waals surface area contributed by atoms with Crippen molar-refractivity contribution in [3.63, 3.8) is 0 Å². The van der Waals surface area contributed by atoms with Gasteiger partial charge in [-0.1, -0.05) is 25.8 Å². The van der Waals surface area contributed by atoms with Crippen molar-refractivity contribution in [2.75, 3.05) is 0 Å². The smallest absolute Gasteiger partial charge is 0.429 e. The minimum Gasteiger partial charge on any atom is -0.429 e. The van der Waals surface area contributed by atoms with E-state index < -0.39 is 46.5 Å². The average Bonchev–Trinajstić information content (AvgIpc) is 3.25. The van der Waals surface area contributed by atoms with Crippen LogP contribution >= 0.6 is 11.3 Å².